The summed E-state index contributed by atoms with van der Waals surface area (Å²) >= 11 is 0. The summed E-state index contributed by atoms with van der Waals surface area (Å²) in [7, 11) is 0. The van der Waals surface area contributed by atoms with Crippen LogP contribution < -0.4 is 15.8 Å². The molecule has 0 saturated heterocycles. The molecule has 2 aromatic rings. The topological polar surface area (TPSA) is 64.3 Å². The Morgan fingerprint density at radius 1 is 1.14 bits per heavy atom. The molecule has 2 aromatic carbocycles. The molecule has 0 unspecified atom stereocenters. The first kappa shape index (κ1) is 15.8. The van der Waals surface area contributed by atoms with Gasteiger partial charge in [0.25, 0.3) is 0 Å². The van der Waals surface area contributed by atoms with Gasteiger partial charge in [-0.05, 0) is 24.6 Å². The van der Waals surface area contributed by atoms with Gasteiger partial charge in [0, 0.05) is 18.5 Å². The summed E-state index contributed by atoms with van der Waals surface area (Å²) in [6.07, 6.45) is 0.888. The Morgan fingerprint density at radius 3 is 2.64 bits per heavy atom. The van der Waals surface area contributed by atoms with Gasteiger partial charge in [0.05, 0.1) is 12.3 Å². The van der Waals surface area contributed by atoms with Gasteiger partial charge in [-0.1, -0.05) is 30.3 Å². The molecule has 0 bridgehead atoms. The summed E-state index contributed by atoms with van der Waals surface area (Å²) < 4.78 is 18.9. The van der Waals surface area contributed by atoms with E-state index in [-0.39, 0.29) is 18.3 Å². The van der Waals surface area contributed by atoms with Gasteiger partial charge in [0.15, 0.2) is 0 Å². The Labute approximate surface area is 129 Å². The van der Waals surface area contributed by atoms with Gasteiger partial charge in [-0.2, -0.15) is 0 Å². The van der Waals surface area contributed by atoms with Crippen LogP contribution in [0.25, 0.3) is 0 Å². The predicted octanol–water partition coefficient (Wildman–Crippen LogP) is 2.88. The van der Waals surface area contributed by atoms with Crippen LogP contribution in [0.2, 0.25) is 0 Å². The minimum absolute atomic E-state index is 0.132. The second-order valence-electron chi connectivity index (χ2n) is 4.86. The second-order valence-corrected chi connectivity index (χ2v) is 4.86. The molecule has 4 nitrogen and oxygen atoms in total. The van der Waals surface area contributed by atoms with Gasteiger partial charge >= 0.3 is 0 Å². The van der Waals surface area contributed by atoms with E-state index in [1.807, 2.05) is 12.1 Å². The number of halogens is 1. The Morgan fingerprint density at radius 2 is 1.86 bits per heavy atom. The third-order valence-electron chi connectivity index (χ3n) is 3.16. The molecule has 116 valence electrons. The molecule has 0 aliphatic heterocycles. The molecule has 0 radical (unpaired) electrons. The fourth-order valence-electron chi connectivity index (χ4n) is 1.95. The maximum atomic E-state index is 13.4. The van der Waals surface area contributed by atoms with Crippen molar-refractivity contribution in [2.75, 3.05) is 12.3 Å². The van der Waals surface area contributed by atoms with E-state index in [9.17, 15) is 9.18 Å². The predicted molar refractivity (Wildman–Crippen MR) is 83.8 cm³/mol. The lowest BCUT2D eigenvalue weighted by molar-refractivity contribution is -0.121. The molecule has 0 aliphatic carbocycles. The molecule has 0 atom stereocenters. The average molecular weight is 302 g/mol. The number of ether oxygens (including phenoxy) is 1. The van der Waals surface area contributed by atoms with Crippen molar-refractivity contribution in [1.29, 1.82) is 0 Å². The van der Waals surface area contributed by atoms with Gasteiger partial charge in [0.2, 0.25) is 5.91 Å². The number of carbonyl (C=O) groups excluding carboxylic acids is 1. The first-order valence-electron chi connectivity index (χ1n) is 7.14. The number of rotatable bonds is 7. The molecule has 22 heavy (non-hydrogen) atoms. The number of hydrogen-bond donors (Lipinski definition) is 2. The second kappa shape index (κ2) is 8.02. The molecule has 0 saturated carbocycles. The summed E-state index contributed by atoms with van der Waals surface area (Å²) in [4.78, 5) is 11.7. The maximum absolute atomic E-state index is 13.4. The van der Waals surface area contributed by atoms with Crippen LogP contribution in [0.4, 0.5) is 10.1 Å². The number of carbonyl (C=O) groups is 1. The summed E-state index contributed by atoms with van der Waals surface area (Å²) in [6.45, 7) is 0.597. The van der Waals surface area contributed by atoms with Crippen LogP contribution in [0.15, 0.2) is 48.5 Å². The molecule has 0 aliphatic rings. The molecular formula is C17H19FN2O2. The first-order valence-corrected chi connectivity index (χ1v) is 7.14. The Hall–Kier alpha value is -2.56. The van der Waals surface area contributed by atoms with Gasteiger partial charge in [-0.15, -0.1) is 0 Å². The summed E-state index contributed by atoms with van der Waals surface area (Å²) in [5.41, 5.74) is 6.80. The highest BCUT2D eigenvalue weighted by atomic mass is 19.1. The zero-order valence-corrected chi connectivity index (χ0v) is 12.2. The van der Waals surface area contributed by atoms with E-state index in [4.69, 9.17) is 10.5 Å². The highest BCUT2D eigenvalue weighted by molar-refractivity contribution is 5.75. The summed E-state index contributed by atoms with van der Waals surface area (Å²) in [5, 5.41) is 2.69. The summed E-state index contributed by atoms with van der Waals surface area (Å²) in [5.74, 6) is 0.174. The quantitative estimate of drug-likeness (QED) is 0.610. The maximum Gasteiger partial charge on any atom is 0.220 e. The van der Waals surface area contributed by atoms with Crippen molar-refractivity contribution < 1.29 is 13.9 Å². The van der Waals surface area contributed by atoms with Gasteiger partial charge < -0.3 is 15.8 Å². The third-order valence-corrected chi connectivity index (χ3v) is 3.16. The van der Waals surface area contributed by atoms with Crippen molar-refractivity contribution in [2.24, 2.45) is 0 Å². The van der Waals surface area contributed by atoms with Gasteiger partial charge in [0.1, 0.15) is 11.6 Å². The first-order chi connectivity index (χ1) is 10.7. The lowest BCUT2D eigenvalue weighted by Crippen LogP contribution is -2.23. The van der Waals surface area contributed by atoms with Crippen LogP contribution in [0.1, 0.15) is 18.4 Å². The van der Waals surface area contributed by atoms with Crippen molar-refractivity contribution >= 4 is 11.6 Å². The standard InChI is InChI=1S/C17H19FN2O2/c18-14-7-2-1-6-13(14)12-20-17(21)10-5-11-22-16-9-4-3-8-15(16)19/h1-4,6-9H,5,10-12,19H2,(H,20,21). The normalized spacial score (nSPS) is 10.2. The van der Waals surface area contributed by atoms with E-state index in [1.54, 1.807) is 30.3 Å². The van der Waals surface area contributed by atoms with Crippen LogP contribution in [0.5, 0.6) is 5.75 Å². The number of nitrogen functional groups attached to an aromatic ring is 1. The van der Waals surface area contributed by atoms with E-state index < -0.39 is 0 Å². The zero-order chi connectivity index (χ0) is 15.8. The van der Waals surface area contributed by atoms with Crippen molar-refractivity contribution in [3.8, 4) is 5.75 Å². The SMILES string of the molecule is Nc1ccccc1OCCCC(=O)NCc1ccccc1F. The summed E-state index contributed by atoms with van der Waals surface area (Å²) in [6, 6.07) is 13.6. The van der Waals surface area contributed by atoms with Crippen molar-refractivity contribution in [2.45, 2.75) is 19.4 Å². The van der Waals surface area contributed by atoms with Gasteiger partial charge in [-0.25, -0.2) is 4.39 Å². The minimum Gasteiger partial charge on any atom is -0.491 e. The van der Waals surface area contributed by atoms with Crippen LogP contribution in [-0.2, 0) is 11.3 Å². The molecule has 0 fully saturated rings. The highest BCUT2D eigenvalue weighted by Crippen LogP contribution is 2.19. The van der Waals surface area contributed by atoms with Crippen molar-refractivity contribution in [3.05, 3.63) is 59.9 Å². The Bertz CT molecular complexity index is 632. The van der Waals surface area contributed by atoms with E-state index in [0.29, 0.717) is 36.4 Å². The van der Waals surface area contributed by atoms with Crippen molar-refractivity contribution in [3.63, 3.8) is 0 Å². The number of amides is 1. The fourth-order valence-corrected chi connectivity index (χ4v) is 1.95. The lowest BCUT2D eigenvalue weighted by atomic mass is 10.2. The lowest BCUT2D eigenvalue weighted by Gasteiger charge is -2.09. The molecule has 0 spiro atoms. The number of anilines is 1. The molecule has 0 heterocycles. The monoisotopic (exact) mass is 302 g/mol. The van der Waals surface area contributed by atoms with E-state index >= 15 is 0 Å². The molecule has 0 aromatic heterocycles. The zero-order valence-electron chi connectivity index (χ0n) is 12.2. The molecule has 2 rings (SSSR count). The molecule has 5 heteroatoms. The molecular weight excluding hydrogens is 283 g/mol. The molecule has 1 amide bonds. The fraction of sp³-hybridized carbons (Fsp3) is 0.235. The Kier molecular flexibility index (Phi) is 5.77. The third kappa shape index (κ3) is 4.77. The van der Waals surface area contributed by atoms with Crippen LogP contribution >= 0.6 is 0 Å². The molecule has 3 N–H and O–H groups in total. The number of para-hydroxylation sites is 2. The van der Waals surface area contributed by atoms with Crippen LogP contribution in [0, 0.1) is 5.82 Å². The minimum atomic E-state index is -0.314. The number of nitrogens with two attached hydrogens (primary N) is 1. The van der Waals surface area contributed by atoms with Crippen LogP contribution in [-0.4, -0.2) is 12.5 Å². The average Bonchev–Trinajstić information content (AvgIpc) is 2.52. The number of nitrogens with one attached hydrogen (secondary N) is 1. The van der Waals surface area contributed by atoms with E-state index in [1.165, 1.54) is 6.07 Å². The largest absolute Gasteiger partial charge is 0.491 e. The Balaban J connectivity index is 1.66. The highest BCUT2D eigenvalue weighted by Gasteiger charge is 2.05. The van der Waals surface area contributed by atoms with E-state index in [0.717, 1.165) is 0 Å². The smallest absolute Gasteiger partial charge is 0.220 e. The number of hydrogen-bond acceptors (Lipinski definition) is 3. The van der Waals surface area contributed by atoms with Crippen molar-refractivity contribution in [1.82, 2.24) is 5.32 Å². The number of benzene rings is 2. The van der Waals surface area contributed by atoms with E-state index in [2.05, 4.69) is 5.32 Å². The van der Waals surface area contributed by atoms with Crippen LogP contribution in [0.3, 0.4) is 0 Å². The van der Waals surface area contributed by atoms with Gasteiger partial charge in [-0.3, -0.25) is 4.79 Å².